The molecule has 2 unspecified atom stereocenters. The Hall–Kier alpha value is -0.560. The third kappa shape index (κ3) is 3.70. The number of aliphatic hydroxyl groups excluding tert-OH is 2. The van der Waals surface area contributed by atoms with Crippen molar-refractivity contribution in [1.82, 2.24) is 4.98 Å². The molecule has 0 fully saturated rings. The van der Waals surface area contributed by atoms with Crippen LogP contribution in [0.25, 0.3) is 0 Å². The Labute approximate surface area is 105 Å². The van der Waals surface area contributed by atoms with Gasteiger partial charge in [0.15, 0.2) is 0 Å². The molecule has 3 nitrogen and oxygen atoms in total. The van der Waals surface area contributed by atoms with Gasteiger partial charge in [-0.15, -0.1) is 11.6 Å². The van der Waals surface area contributed by atoms with E-state index in [1.165, 1.54) is 0 Å². The quantitative estimate of drug-likeness (QED) is 0.664. The summed E-state index contributed by atoms with van der Waals surface area (Å²) in [4.78, 5) is 3.09. The van der Waals surface area contributed by atoms with Crippen LogP contribution in [0.5, 0.6) is 0 Å². The molecule has 0 aliphatic carbocycles. The lowest BCUT2D eigenvalue weighted by molar-refractivity contribution is -0.141. The number of aliphatic hydroxyl groups is 2. The van der Waals surface area contributed by atoms with Crippen LogP contribution in [-0.4, -0.2) is 27.2 Å². The highest BCUT2D eigenvalue weighted by Crippen LogP contribution is 2.31. The van der Waals surface area contributed by atoms with Gasteiger partial charge in [-0.2, -0.15) is 13.2 Å². The largest absolute Gasteiger partial charge is 0.433 e. The molecule has 0 aliphatic rings. The number of rotatable bonds is 3. The average Bonchev–Trinajstić information content (AvgIpc) is 2.25. The number of halogens is 5. The molecule has 1 heterocycles. The minimum atomic E-state index is -4.68. The SMILES string of the molecule is OC(CCl)C(O)c1cc(Cl)nc(C(F)(F)F)c1. The summed E-state index contributed by atoms with van der Waals surface area (Å²) >= 11 is 10.7. The summed E-state index contributed by atoms with van der Waals surface area (Å²) < 4.78 is 37.2. The molecule has 0 saturated carbocycles. The van der Waals surface area contributed by atoms with Crippen LogP contribution in [0.4, 0.5) is 13.2 Å². The van der Waals surface area contributed by atoms with Crippen LogP contribution in [0, 0.1) is 0 Å². The van der Waals surface area contributed by atoms with Crippen LogP contribution in [-0.2, 0) is 6.18 Å². The molecule has 0 amide bonds. The zero-order chi connectivity index (χ0) is 13.2. The van der Waals surface area contributed by atoms with Gasteiger partial charge < -0.3 is 10.2 Å². The third-order valence-corrected chi connectivity index (χ3v) is 2.48. The number of alkyl halides is 4. The lowest BCUT2D eigenvalue weighted by atomic mass is 10.1. The van der Waals surface area contributed by atoms with Gasteiger partial charge in [-0.05, 0) is 17.7 Å². The van der Waals surface area contributed by atoms with E-state index in [1.54, 1.807) is 0 Å². The number of nitrogens with zero attached hydrogens (tertiary/aromatic N) is 1. The van der Waals surface area contributed by atoms with Crippen LogP contribution in [0.15, 0.2) is 12.1 Å². The van der Waals surface area contributed by atoms with E-state index in [1.807, 2.05) is 0 Å². The standard InChI is InChI=1S/C9H8Cl2F3NO2/c10-3-5(16)8(17)4-1-6(9(12,13)14)15-7(11)2-4/h1-2,5,8,16-17H,3H2. The van der Waals surface area contributed by atoms with Crippen LogP contribution < -0.4 is 0 Å². The van der Waals surface area contributed by atoms with E-state index in [-0.39, 0.29) is 11.4 Å². The second-order valence-electron chi connectivity index (χ2n) is 3.27. The van der Waals surface area contributed by atoms with E-state index in [9.17, 15) is 23.4 Å². The van der Waals surface area contributed by atoms with Crippen molar-refractivity contribution in [2.45, 2.75) is 18.4 Å². The summed E-state index contributed by atoms with van der Waals surface area (Å²) in [6.45, 7) is 0. The van der Waals surface area contributed by atoms with Crippen molar-refractivity contribution in [3.05, 3.63) is 28.5 Å². The molecule has 8 heteroatoms. The Kier molecular flexibility index (Phi) is 4.60. The summed E-state index contributed by atoms with van der Waals surface area (Å²) in [5.74, 6) is -0.317. The molecule has 17 heavy (non-hydrogen) atoms. The van der Waals surface area contributed by atoms with Crippen molar-refractivity contribution < 1.29 is 23.4 Å². The third-order valence-electron chi connectivity index (χ3n) is 1.97. The fourth-order valence-electron chi connectivity index (χ4n) is 1.14. The van der Waals surface area contributed by atoms with E-state index in [0.717, 1.165) is 6.07 Å². The van der Waals surface area contributed by atoms with Gasteiger partial charge in [-0.25, -0.2) is 4.98 Å². The van der Waals surface area contributed by atoms with E-state index < -0.39 is 29.2 Å². The van der Waals surface area contributed by atoms with Crippen molar-refractivity contribution in [3.63, 3.8) is 0 Å². The Morgan fingerprint density at radius 2 is 1.88 bits per heavy atom. The normalized spacial score (nSPS) is 15.7. The predicted molar refractivity (Wildman–Crippen MR) is 55.9 cm³/mol. The van der Waals surface area contributed by atoms with E-state index in [0.29, 0.717) is 6.07 Å². The maximum Gasteiger partial charge on any atom is 0.433 e. The summed E-state index contributed by atoms with van der Waals surface area (Å²) in [5.41, 5.74) is -1.42. The topological polar surface area (TPSA) is 53.4 Å². The predicted octanol–water partition coefficient (Wildman–Crippen LogP) is 2.39. The van der Waals surface area contributed by atoms with Crippen molar-refractivity contribution >= 4 is 23.2 Å². The monoisotopic (exact) mass is 289 g/mol. The molecule has 0 radical (unpaired) electrons. The van der Waals surface area contributed by atoms with Crippen LogP contribution >= 0.6 is 23.2 Å². The minimum absolute atomic E-state index is 0.189. The molecular formula is C9H8Cl2F3NO2. The molecule has 0 aliphatic heterocycles. The molecule has 2 atom stereocenters. The summed E-state index contributed by atoms with van der Waals surface area (Å²) in [6, 6.07) is 1.66. The summed E-state index contributed by atoms with van der Waals surface area (Å²) in [6.07, 6.45) is -7.60. The fraction of sp³-hybridized carbons (Fsp3) is 0.444. The minimum Gasteiger partial charge on any atom is -0.389 e. The maximum atomic E-state index is 12.4. The first-order chi connectivity index (χ1) is 7.75. The molecule has 0 bridgehead atoms. The average molecular weight is 290 g/mol. The molecule has 1 aromatic rings. The van der Waals surface area contributed by atoms with E-state index in [4.69, 9.17) is 23.2 Å². The van der Waals surface area contributed by atoms with Gasteiger partial charge in [-0.3, -0.25) is 0 Å². The Morgan fingerprint density at radius 3 is 2.35 bits per heavy atom. The second-order valence-corrected chi connectivity index (χ2v) is 3.97. The van der Waals surface area contributed by atoms with Crippen molar-refractivity contribution in [2.24, 2.45) is 0 Å². The van der Waals surface area contributed by atoms with Gasteiger partial charge in [-0.1, -0.05) is 11.6 Å². The highest BCUT2D eigenvalue weighted by atomic mass is 35.5. The Bertz CT molecular complexity index is 400. The lowest BCUT2D eigenvalue weighted by Crippen LogP contribution is -2.20. The highest BCUT2D eigenvalue weighted by molar-refractivity contribution is 6.29. The van der Waals surface area contributed by atoms with Gasteiger partial charge in [0.05, 0.1) is 12.0 Å². The molecule has 1 rings (SSSR count). The molecule has 1 aromatic heterocycles. The molecule has 0 saturated heterocycles. The van der Waals surface area contributed by atoms with Gasteiger partial charge >= 0.3 is 6.18 Å². The van der Waals surface area contributed by atoms with Gasteiger partial charge in [0, 0.05) is 0 Å². The Morgan fingerprint density at radius 1 is 1.29 bits per heavy atom. The highest BCUT2D eigenvalue weighted by Gasteiger charge is 2.34. The van der Waals surface area contributed by atoms with Crippen LogP contribution in [0.1, 0.15) is 17.4 Å². The first kappa shape index (κ1) is 14.5. The first-order valence-electron chi connectivity index (χ1n) is 4.42. The number of aromatic nitrogens is 1. The lowest BCUT2D eigenvalue weighted by Gasteiger charge is -2.17. The molecular weight excluding hydrogens is 282 g/mol. The number of pyridine rings is 1. The smallest absolute Gasteiger partial charge is 0.389 e. The van der Waals surface area contributed by atoms with Crippen LogP contribution in [0.2, 0.25) is 5.15 Å². The van der Waals surface area contributed by atoms with E-state index >= 15 is 0 Å². The Balaban J connectivity index is 3.14. The van der Waals surface area contributed by atoms with Gasteiger partial charge in [0.1, 0.15) is 17.0 Å². The van der Waals surface area contributed by atoms with Crippen molar-refractivity contribution in [3.8, 4) is 0 Å². The summed E-state index contributed by atoms with van der Waals surface area (Å²) in [5, 5.41) is 18.3. The number of hydrogen-bond acceptors (Lipinski definition) is 3. The zero-order valence-electron chi connectivity index (χ0n) is 8.25. The zero-order valence-corrected chi connectivity index (χ0v) is 9.76. The maximum absolute atomic E-state index is 12.4. The molecule has 0 aromatic carbocycles. The van der Waals surface area contributed by atoms with E-state index in [2.05, 4.69) is 4.98 Å². The van der Waals surface area contributed by atoms with Gasteiger partial charge in [0.25, 0.3) is 0 Å². The molecule has 2 N–H and O–H groups in total. The molecule has 0 spiro atoms. The summed E-state index contributed by atoms with van der Waals surface area (Å²) in [7, 11) is 0. The van der Waals surface area contributed by atoms with Crippen LogP contribution in [0.3, 0.4) is 0 Å². The van der Waals surface area contributed by atoms with Gasteiger partial charge in [0.2, 0.25) is 0 Å². The fourth-order valence-corrected chi connectivity index (χ4v) is 1.53. The van der Waals surface area contributed by atoms with Crippen molar-refractivity contribution in [2.75, 3.05) is 5.88 Å². The molecule has 96 valence electrons. The van der Waals surface area contributed by atoms with Crippen molar-refractivity contribution in [1.29, 1.82) is 0 Å². The number of hydrogen-bond donors (Lipinski definition) is 2. The first-order valence-corrected chi connectivity index (χ1v) is 5.33. The second kappa shape index (κ2) is 5.39.